The van der Waals surface area contributed by atoms with E-state index in [0.717, 1.165) is 6.07 Å². The average molecular weight is 274 g/mol. The highest BCUT2D eigenvalue weighted by atomic mass is 19.4. The zero-order chi connectivity index (χ0) is 14.6. The lowest BCUT2D eigenvalue weighted by atomic mass is 9.90. The van der Waals surface area contributed by atoms with Crippen molar-refractivity contribution >= 4 is 5.91 Å². The predicted octanol–water partition coefficient (Wildman–Crippen LogP) is 2.27. The first kappa shape index (κ1) is 15.5. The van der Waals surface area contributed by atoms with E-state index in [1.54, 1.807) is 19.9 Å². The molecule has 1 amide bonds. The fourth-order valence-electron chi connectivity index (χ4n) is 1.86. The highest BCUT2D eigenvalue weighted by Gasteiger charge is 2.34. The molecule has 0 aromatic heterocycles. The number of hydrogen-bond donors (Lipinski definition) is 2. The van der Waals surface area contributed by atoms with Gasteiger partial charge in [-0.05, 0) is 24.5 Å². The number of amides is 1. The Hall–Kier alpha value is -1.56. The highest BCUT2D eigenvalue weighted by Crippen LogP contribution is 2.35. The van der Waals surface area contributed by atoms with Crippen LogP contribution in [0, 0.1) is 0 Å². The lowest BCUT2D eigenvalue weighted by molar-refractivity contribution is -0.138. The van der Waals surface area contributed by atoms with Crippen molar-refractivity contribution in [3.63, 3.8) is 0 Å². The fourth-order valence-corrected chi connectivity index (χ4v) is 1.86. The van der Waals surface area contributed by atoms with Gasteiger partial charge in [-0.25, -0.2) is 0 Å². The summed E-state index contributed by atoms with van der Waals surface area (Å²) in [7, 11) is 0. The molecule has 1 rings (SSSR count). The van der Waals surface area contributed by atoms with Crippen LogP contribution in [-0.2, 0) is 11.0 Å². The highest BCUT2D eigenvalue weighted by molar-refractivity contribution is 5.75. The fraction of sp³-hybridized carbons (Fsp3) is 0.462. The molecule has 0 heterocycles. The van der Waals surface area contributed by atoms with Crippen molar-refractivity contribution in [3.8, 4) is 0 Å². The molecule has 106 valence electrons. The van der Waals surface area contributed by atoms with Gasteiger partial charge in [0.2, 0.25) is 5.91 Å². The van der Waals surface area contributed by atoms with Crippen molar-refractivity contribution in [1.29, 1.82) is 0 Å². The molecular formula is C13H17F3N2O. The molecule has 0 unspecified atom stereocenters. The van der Waals surface area contributed by atoms with Gasteiger partial charge in [-0.3, -0.25) is 4.79 Å². The minimum Gasteiger partial charge on any atom is -0.369 e. The van der Waals surface area contributed by atoms with Crippen molar-refractivity contribution in [1.82, 2.24) is 5.32 Å². The third-order valence-corrected chi connectivity index (χ3v) is 3.11. The summed E-state index contributed by atoms with van der Waals surface area (Å²) < 4.78 is 38.7. The number of nitrogens with two attached hydrogens (primary N) is 1. The smallest absolute Gasteiger partial charge is 0.369 e. The maximum absolute atomic E-state index is 12.9. The lowest BCUT2D eigenvalue weighted by Crippen LogP contribution is -2.38. The third-order valence-electron chi connectivity index (χ3n) is 3.11. The molecule has 3 nitrogen and oxygen atoms in total. The van der Waals surface area contributed by atoms with Gasteiger partial charge in [-0.1, -0.05) is 25.1 Å². The number of nitrogens with one attached hydrogen (secondary N) is 1. The molecule has 2 atom stereocenters. The van der Waals surface area contributed by atoms with Gasteiger partial charge < -0.3 is 11.1 Å². The Morgan fingerprint density at radius 1 is 1.32 bits per heavy atom. The van der Waals surface area contributed by atoms with Crippen LogP contribution < -0.4 is 11.1 Å². The number of hydrogen-bond acceptors (Lipinski definition) is 2. The molecule has 1 aromatic carbocycles. The molecule has 0 aliphatic carbocycles. The van der Waals surface area contributed by atoms with E-state index in [0.29, 0.717) is 0 Å². The molecular weight excluding hydrogens is 257 g/mol. The minimum absolute atomic E-state index is 0.0559. The summed E-state index contributed by atoms with van der Waals surface area (Å²) in [5.41, 5.74) is 4.56. The minimum atomic E-state index is -4.38. The van der Waals surface area contributed by atoms with E-state index >= 15 is 0 Å². The Labute approximate surface area is 110 Å². The maximum atomic E-state index is 12.9. The average Bonchev–Trinajstić information content (AvgIpc) is 2.34. The molecule has 0 saturated heterocycles. The Morgan fingerprint density at radius 2 is 1.89 bits per heavy atom. The Balaban J connectivity index is 2.93. The van der Waals surface area contributed by atoms with Crippen molar-refractivity contribution in [3.05, 3.63) is 35.4 Å². The SMILES string of the molecule is C[C@H](NCC(N)=O)[C@@H](C)c1ccccc1C(F)(F)F. The summed E-state index contributed by atoms with van der Waals surface area (Å²) >= 11 is 0. The zero-order valence-corrected chi connectivity index (χ0v) is 10.8. The molecule has 6 heteroatoms. The number of benzene rings is 1. The summed E-state index contributed by atoms with van der Waals surface area (Å²) in [5, 5.41) is 2.82. The molecule has 3 N–H and O–H groups in total. The van der Waals surface area contributed by atoms with Crippen molar-refractivity contribution < 1.29 is 18.0 Å². The monoisotopic (exact) mass is 274 g/mol. The van der Waals surface area contributed by atoms with E-state index < -0.39 is 23.6 Å². The number of alkyl halides is 3. The first-order valence-electron chi connectivity index (χ1n) is 5.91. The Morgan fingerprint density at radius 3 is 2.42 bits per heavy atom. The molecule has 0 spiro atoms. The normalized spacial score (nSPS) is 15.0. The summed E-state index contributed by atoms with van der Waals surface area (Å²) in [6.45, 7) is 3.35. The van der Waals surface area contributed by atoms with Gasteiger partial charge >= 0.3 is 6.18 Å². The second-order valence-corrected chi connectivity index (χ2v) is 4.51. The largest absolute Gasteiger partial charge is 0.416 e. The van der Waals surface area contributed by atoms with Crippen LogP contribution in [0.2, 0.25) is 0 Å². The molecule has 0 fully saturated rings. The van der Waals surface area contributed by atoms with Crippen molar-refractivity contribution in [2.75, 3.05) is 6.54 Å². The van der Waals surface area contributed by atoms with Gasteiger partial charge in [0.05, 0.1) is 12.1 Å². The number of carbonyl (C=O) groups excluding carboxylic acids is 1. The van der Waals surface area contributed by atoms with Gasteiger partial charge in [0.15, 0.2) is 0 Å². The summed E-state index contributed by atoms with van der Waals surface area (Å²) in [4.78, 5) is 10.7. The van der Waals surface area contributed by atoms with Crippen molar-refractivity contribution in [2.24, 2.45) is 5.73 Å². The zero-order valence-electron chi connectivity index (χ0n) is 10.8. The Bertz CT molecular complexity index is 446. The van der Waals surface area contributed by atoms with Crippen LogP contribution in [0.15, 0.2) is 24.3 Å². The van der Waals surface area contributed by atoms with E-state index in [2.05, 4.69) is 5.32 Å². The molecule has 0 aliphatic heterocycles. The van der Waals surface area contributed by atoms with Crippen LogP contribution in [0.1, 0.15) is 30.9 Å². The van der Waals surface area contributed by atoms with Gasteiger partial charge in [-0.15, -0.1) is 0 Å². The maximum Gasteiger partial charge on any atom is 0.416 e. The van der Waals surface area contributed by atoms with E-state index in [1.807, 2.05) is 0 Å². The second-order valence-electron chi connectivity index (χ2n) is 4.51. The van der Waals surface area contributed by atoms with Crippen LogP contribution in [0.3, 0.4) is 0 Å². The number of halogens is 3. The lowest BCUT2D eigenvalue weighted by Gasteiger charge is -2.24. The number of primary amides is 1. The van der Waals surface area contributed by atoms with Crippen molar-refractivity contribution in [2.45, 2.75) is 32.0 Å². The number of carbonyl (C=O) groups is 1. The van der Waals surface area contributed by atoms with Gasteiger partial charge in [0.25, 0.3) is 0 Å². The first-order chi connectivity index (χ1) is 8.73. The van der Waals surface area contributed by atoms with E-state index in [9.17, 15) is 18.0 Å². The van der Waals surface area contributed by atoms with Gasteiger partial charge in [0, 0.05) is 6.04 Å². The van der Waals surface area contributed by atoms with E-state index in [-0.39, 0.29) is 18.2 Å². The molecule has 1 aromatic rings. The third kappa shape index (κ3) is 4.24. The van der Waals surface area contributed by atoms with Crippen LogP contribution in [0.5, 0.6) is 0 Å². The topological polar surface area (TPSA) is 55.1 Å². The summed E-state index contributed by atoms with van der Waals surface area (Å²) in [6, 6.07) is 5.15. The van der Waals surface area contributed by atoms with Crippen LogP contribution >= 0.6 is 0 Å². The second kappa shape index (κ2) is 6.06. The quantitative estimate of drug-likeness (QED) is 0.865. The standard InChI is InChI=1S/C13H17F3N2O/c1-8(9(2)18-7-12(17)19)10-5-3-4-6-11(10)13(14,15)16/h3-6,8-9,18H,7H2,1-2H3,(H2,17,19)/t8-,9+/m1/s1. The predicted molar refractivity (Wildman–Crippen MR) is 66.5 cm³/mol. The molecule has 0 saturated carbocycles. The molecule has 0 bridgehead atoms. The molecule has 19 heavy (non-hydrogen) atoms. The van der Waals surface area contributed by atoms with E-state index in [1.165, 1.54) is 12.1 Å². The summed E-state index contributed by atoms with van der Waals surface area (Å²) in [5.74, 6) is -0.930. The van der Waals surface area contributed by atoms with Crippen LogP contribution in [0.4, 0.5) is 13.2 Å². The molecule has 0 radical (unpaired) electrons. The van der Waals surface area contributed by atoms with E-state index in [4.69, 9.17) is 5.73 Å². The van der Waals surface area contributed by atoms with Gasteiger partial charge in [-0.2, -0.15) is 13.2 Å². The number of rotatable bonds is 5. The van der Waals surface area contributed by atoms with Crippen LogP contribution in [-0.4, -0.2) is 18.5 Å². The molecule has 0 aliphatic rings. The van der Waals surface area contributed by atoms with Crippen LogP contribution in [0.25, 0.3) is 0 Å². The Kier molecular flexibility index (Phi) is 4.94. The van der Waals surface area contributed by atoms with Gasteiger partial charge in [0.1, 0.15) is 0 Å². The summed E-state index contributed by atoms with van der Waals surface area (Å²) in [6.07, 6.45) is -4.38. The first-order valence-corrected chi connectivity index (χ1v) is 5.91.